The van der Waals surface area contributed by atoms with Crippen molar-refractivity contribution in [1.29, 1.82) is 0 Å². The third-order valence-electron chi connectivity index (χ3n) is 6.81. The summed E-state index contributed by atoms with van der Waals surface area (Å²) in [7, 11) is 3.54. The lowest BCUT2D eigenvalue weighted by atomic mass is 9.77. The fourth-order valence-electron chi connectivity index (χ4n) is 4.89. The van der Waals surface area contributed by atoms with E-state index in [1.807, 2.05) is 25.4 Å². The molecule has 3 aromatic heterocycles. The molecule has 1 saturated carbocycles. The van der Waals surface area contributed by atoms with Gasteiger partial charge in [0.1, 0.15) is 11.2 Å². The number of nitrogens with one attached hydrogen (secondary N) is 2. The highest BCUT2D eigenvalue weighted by Crippen LogP contribution is 2.41. The van der Waals surface area contributed by atoms with Gasteiger partial charge < -0.3 is 19.8 Å². The zero-order valence-electron chi connectivity index (χ0n) is 17.7. The highest BCUT2D eigenvalue weighted by atomic mass is 16.5. The van der Waals surface area contributed by atoms with Crippen LogP contribution in [0.25, 0.3) is 33.2 Å². The molecule has 9 heteroatoms. The number of hydrogen-bond acceptors (Lipinski definition) is 7. The third-order valence-corrected chi connectivity index (χ3v) is 6.81. The average molecular weight is 419 g/mol. The molecule has 2 aliphatic rings. The number of nitrogens with zero attached hydrogens (tertiary/aromatic N) is 5. The van der Waals surface area contributed by atoms with Crippen LogP contribution in [0.1, 0.15) is 32.1 Å². The Hall–Kier alpha value is -3.20. The highest BCUT2D eigenvalue weighted by molar-refractivity contribution is 5.99. The largest absolute Gasteiger partial charge is 0.480 e. The Morgan fingerprint density at radius 3 is 2.81 bits per heavy atom. The summed E-state index contributed by atoms with van der Waals surface area (Å²) in [5, 5.41) is 12.6. The second-order valence-corrected chi connectivity index (χ2v) is 8.60. The molecule has 2 fully saturated rings. The molecule has 1 aromatic carbocycles. The number of methoxy groups -OCH3 is 1. The van der Waals surface area contributed by atoms with Crippen LogP contribution in [0, 0.1) is 0 Å². The first-order valence-corrected chi connectivity index (χ1v) is 10.8. The summed E-state index contributed by atoms with van der Waals surface area (Å²) in [5.74, 6) is 1.15. The number of aromatic amines is 1. The van der Waals surface area contributed by atoms with Crippen molar-refractivity contribution in [1.82, 2.24) is 29.9 Å². The number of rotatable bonds is 4. The van der Waals surface area contributed by atoms with Crippen molar-refractivity contribution >= 4 is 28.0 Å². The van der Waals surface area contributed by atoms with E-state index in [0.29, 0.717) is 17.9 Å². The maximum absolute atomic E-state index is 5.83. The van der Waals surface area contributed by atoms with E-state index in [2.05, 4.69) is 31.7 Å². The van der Waals surface area contributed by atoms with Gasteiger partial charge in [-0.15, -0.1) is 5.10 Å². The predicted octanol–water partition coefficient (Wildman–Crippen LogP) is 3.43. The first-order valence-electron chi connectivity index (χ1n) is 10.8. The van der Waals surface area contributed by atoms with Crippen LogP contribution in [0.15, 0.2) is 24.4 Å². The van der Waals surface area contributed by atoms with Crippen molar-refractivity contribution in [2.45, 2.75) is 43.7 Å². The Kier molecular flexibility index (Phi) is 4.14. The lowest BCUT2D eigenvalue weighted by molar-refractivity contribution is -0.165. The van der Waals surface area contributed by atoms with Crippen LogP contribution in [0.5, 0.6) is 5.88 Å². The molecule has 0 unspecified atom stereocenters. The fraction of sp³-hybridized carbons (Fsp3) is 0.455. The monoisotopic (exact) mass is 419 g/mol. The number of H-pyrrole nitrogens is 1. The maximum atomic E-state index is 5.83. The van der Waals surface area contributed by atoms with Crippen molar-refractivity contribution < 1.29 is 9.47 Å². The van der Waals surface area contributed by atoms with Gasteiger partial charge in [-0.25, -0.2) is 4.68 Å². The number of ether oxygens (including phenoxy) is 2. The van der Waals surface area contributed by atoms with E-state index >= 15 is 0 Å². The first kappa shape index (κ1) is 18.6. The molecule has 1 aliphatic carbocycles. The number of aryl methyl sites for hydroxylation is 1. The van der Waals surface area contributed by atoms with Gasteiger partial charge in [0.2, 0.25) is 11.8 Å². The summed E-state index contributed by atoms with van der Waals surface area (Å²) in [6, 6.07) is 6.43. The average Bonchev–Trinajstić information content (AvgIpc) is 3.36. The summed E-state index contributed by atoms with van der Waals surface area (Å²) in [5.41, 5.74) is 4.76. The summed E-state index contributed by atoms with van der Waals surface area (Å²) >= 11 is 0. The zero-order valence-corrected chi connectivity index (χ0v) is 17.7. The molecule has 6 rings (SSSR count). The Bertz CT molecular complexity index is 1260. The van der Waals surface area contributed by atoms with Gasteiger partial charge in [0.15, 0.2) is 0 Å². The maximum Gasteiger partial charge on any atom is 0.228 e. The predicted molar refractivity (Wildman–Crippen MR) is 117 cm³/mol. The minimum absolute atomic E-state index is 0.152. The molecule has 0 atom stereocenters. The second-order valence-electron chi connectivity index (χ2n) is 8.60. The van der Waals surface area contributed by atoms with E-state index in [1.165, 1.54) is 6.42 Å². The van der Waals surface area contributed by atoms with Crippen molar-refractivity contribution in [2.24, 2.45) is 7.05 Å². The minimum atomic E-state index is 0.152. The quantitative estimate of drug-likeness (QED) is 0.522. The molecular formula is C22H25N7O2. The number of aromatic nitrogens is 6. The molecule has 1 saturated heterocycles. The summed E-state index contributed by atoms with van der Waals surface area (Å²) in [4.78, 5) is 12.7. The number of hydrogen-bond donors (Lipinski definition) is 2. The summed E-state index contributed by atoms with van der Waals surface area (Å²) in [6.07, 6.45) is 7.48. The molecule has 1 spiro atoms. The molecule has 4 aromatic rings. The highest BCUT2D eigenvalue weighted by Gasteiger charge is 2.41. The van der Waals surface area contributed by atoms with Crippen LogP contribution in [-0.4, -0.2) is 55.3 Å². The lowest BCUT2D eigenvalue weighted by Crippen LogP contribution is -2.48. The van der Waals surface area contributed by atoms with Crippen molar-refractivity contribution in [3.05, 3.63) is 24.4 Å². The minimum Gasteiger partial charge on any atom is -0.480 e. The van der Waals surface area contributed by atoms with Gasteiger partial charge in [-0.1, -0.05) is 11.3 Å². The number of benzene rings is 1. The third kappa shape index (κ3) is 3.03. The molecule has 9 nitrogen and oxygen atoms in total. The van der Waals surface area contributed by atoms with Crippen LogP contribution in [0.4, 0.5) is 5.95 Å². The Balaban J connectivity index is 1.32. The van der Waals surface area contributed by atoms with E-state index in [0.717, 1.165) is 65.5 Å². The summed E-state index contributed by atoms with van der Waals surface area (Å²) < 4.78 is 13.3. The molecule has 2 N–H and O–H groups in total. The lowest BCUT2D eigenvalue weighted by Gasteiger charge is -2.46. The molecule has 1 aliphatic heterocycles. The van der Waals surface area contributed by atoms with Crippen LogP contribution in [0.3, 0.4) is 0 Å². The van der Waals surface area contributed by atoms with Gasteiger partial charge in [0, 0.05) is 24.8 Å². The van der Waals surface area contributed by atoms with E-state index in [4.69, 9.17) is 14.5 Å². The van der Waals surface area contributed by atoms with E-state index < -0.39 is 0 Å². The van der Waals surface area contributed by atoms with E-state index in [-0.39, 0.29) is 5.60 Å². The molecular weight excluding hydrogens is 394 g/mol. The van der Waals surface area contributed by atoms with Gasteiger partial charge in [0.25, 0.3) is 0 Å². The normalized spacial score (nSPS) is 23.4. The molecule has 0 amide bonds. The molecule has 160 valence electrons. The van der Waals surface area contributed by atoms with Crippen LogP contribution < -0.4 is 10.1 Å². The van der Waals surface area contributed by atoms with Crippen LogP contribution >= 0.6 is 0 Å². The first-order chi connectivity index (χ1) is 15.1. The number of fused-ring (bicyclic) bond motifs is 2. The van der Waals surface area contributed by atoms with Crippen molar-refractivity contribution in [2.75, 3.05) is 19.0 Å². The molecule has 4 heterocycles. The van der Waals surface area contributed by atoms with Gasteiger partial charge in [-0.2, -0.15) is 9.97 Å². The number of anilines is 1. The zero-order chi connectivity index (χ0) is 21.0. The van der Waals surface area contributed by atoms with Gasteiger partial charge in [-0.3, -0.25) is 0 Å². The van der Waals surface area contributed by atoms with Gasteiger partial charge in [0.05, 0.1) is 30.2 Å². The molecule has 0 bridgehead atoms. The van der Waals surface area contributed by atoms with Crippen LogP contribution in [-0.2, 0) is 11.8 Å². The van der Waals surface area contributed by atoms with E-state index in [1.54, 1.807) is 11.8 Å². The van der Waals surface area contributed by atoms with Crippen molar-refractivity contribution in [3.63, 3.8) is 0 Å². The van der Waals surface area contributed by atoms with Crippen LogP contribution in [0.2, 0.25) is 0 Å². The van der Waals surface area contributed by atoms with Gasteiger partial charge in [-0.05, 0) is 49.8 Å². The standard InChI is InChI=1S/C22H25N7O2/c1-29-17-11-13(3-4-16(17)27-28-29)15-12-23-19-18(15)20(30-2)26-21(25-19)24-14-5-7-22(8-6-14)9-10-31-22/h3-4,11-12,14H,5-10H2,1-2H3,(H2,23,24,25,26)/t14-,22+. The molecule has 0 radical (unpaired) electrons. The van der Waals surface area contributed by atoms with E-state index in [9.17, 15) is 0 Å². The van der Waals surface area contributed by atoms with Crippen molar-refractivity contribution in [3.8, 4) is 17.0 Å². The fourth-order valence-corrected chi connectivity index (χ4v) is 4.89. The SMILES string of the molecule is COc1nc(N[C@H]2CC[C@]3(CCO3)CC2)nc2[nH]cc(-c3ccc4nnn(C)c4c3)c12. The Morgan fingerprint density at radius 2 is 2.06 bits per heavy atom. The van der Waals surface area contributed by atoms with Gasteiger partial charge >= 0.3 is 0 Å². The summed E-state index contributed by atoms with van der Waals surface area (Å²) in [6.45, 7) is 0.911. The molecule has 31 heavy (non-hydrogen) atoms. The topological polar surface area (TPSA) is 103 Å². The second kappa shape index (κ2) is 6.91. The smallest absolute Gasteiger partial charge is 0.228 e. The Labute approximate surface area is 179 Å². The Morgan fingerprint density at radius 1 is 1.23 bits per heavy atom.